The van der Waals surface area contributed by atoms with Gasteiger partial charge in [-0.1, -0.05) is 30.3 Å². The van der Waals surface area contributed by atoms with Crippen LogP contribution in [0.25, 0.3) is 0 Å². The smallest absolute Gasteiger partial charge is 0.426 e. The Morgan fingerprint density at radius 3 is 2.59 bits per heavy atom. The summed E-state index contributed by atoms with van der Waals surface area (Å²) in [7, 11) is -4.35. The zero-order valence-corrected chi connectivity index (χ0v) is 12.6. The fraction of sp³-hybridized carbons (Fsp3) is 0.385. The van der Waals surface area contributed by atoms with Crippen LogP contribution in [0, 0.1) is 0 Å². The van der Waals surface area contributed by atoms with Gasteiger partial charge in [-0.3, -0.25) is 4.18 Å². The van der Waals surface area contributed by atoms with E-state index in [2.05, 4.69) is 4.18 Å². The van der Waals surface area contributed by atoms with Crippen molar-refractivity contribution < 1.29 is 31.7 Å². The predicted octanol–water partition coefficient (Wildman–Crippen LogP) is 0.832. The number of esters is 1. The highest BCUT2D eigenvalue weighted by atomic mass is 32.2. The second-order valence-electron chi connectivity index (χ2n) is 4.35. The number of carbonyl (C=O) groups excluding carboxylic acids is 2. The Hall–Kier alpha value is -2.13. The number of ether oxygens (including phenoxy) is 2. The Balaban J connectivity index is 2.08. The van der Waals surface area contributed by atoms with Crippen LogP contribution in [0.5, 0.6) is 0 Å². The Morgan fingerprint density at radius 2 is 1.95 bits per heavy atom. The van der Waals surface area contributed by atoms with Crippen LogP contribution in [0.4, 0.5) is 4.79 Å². The molecule has 9 heteroatoms. The minimum atomic E-state index is -4.35. The second-order valence-corrected chi connectivity index (χ2v) is 5.83. The molecule has 1 amide bonds. The van der Waals surface area contributed by atoms with E-state index < -0.39 is 35.0 Å². The number of carbonyl (C=O) groups is 2. The van der Waals surface area contributed by atoms with Crippen molar-refractivity contribution in [2.45, 2.75) is 19.6 Å². The lowest BCUT2D eigenvalue weighted by Crippen LogP contribution is -2.44. The molecule has 0 aromatic heterocycles. The Labute approximate surface area is 127 Å². The molecular formula is C13H15NO7S. The molecule has 0 aliphatic carbocycles. The highest BCUT2D eigenvalue weighted by molar-refractivity contribution is 7.85. The van der Waals surface area contributed by atoms with Gasteiger partial charge in [-0.15, -0.1) is 0 Å². The molecule has 1 atom stereocenters. The molecular weight excluding hydrogens is 314 g/mol. The number of nitrogens with zero attached hydrogens (tertiary/aromatic N) is 1. The van der Waals surface area contributed by atoms with Crippen LogP contribution in [0.3, 0.4) is 0 Å². The van der Waals surface area contributed by atoms with Crippen LogP contribution in [0.15, 0.2) is 30.3 Å². The van der Waals surface area contributed by atoms with Gasteiger partial charge < -0.3 is 9.47 Å². The van der Waals surface area contributed by atoms with Crippen molar-refractivity contribution in [1.82, 2.24) is 4.31 Å². The molecule has 1 fully saturated rings. The number of hydrogen-bond donors (Lipinski definition) is 0. The lowest BCUT2D eigenvalue weighted by molar-refractivity contribution is -0.147. The molecule has 0 saturated carbocycles. The van der Waals surface area contributed by atoms with E-state index in [1.807, 2.05) is 0 Å². The quantitative estimate of drug-likeness (QED) is 0.754. The summed E-state index contributed by atoms with van der Waals surface area (Å²) in [6, 6.07) is 7.35. The van der Waals surface area contributed by atoms with Crippen LogP contribution < -0.4 is 0 Å². The molecule has 1 aromatic rings. The zero-order chi connectivity index (χ0) is 16.2. The molecule has 1 aliphatic rings. The molecule has 120 valence electrons. The highest BCUT2D eigenvalue weighted by Gasteiger charge is 2.48. The van der Waals surface area contributed by atoms with Crippen molar-refractivity contribution in [3.8, 4) is 0 Å². The van der Waals surface area contributed by atoms with E-state index in [9.17, 15) is 18.0 Å². The molecule has 0 spiro atoms. The monoisotopic (exact) mass is 329 g/mol. The van der Waals surface area contributed by atoms with Gasteiger partial charge in [0.1, 0.15) is 13.2 Å². The van der Waals surface area contributed by atoms with Crippen molar-refractivity contribution in [3.05, 3.63) is 35.9 Å². The average molecular weight is 329 g/mol. The number of hydrogen-bond acceptors (Lipinski definition) is 7. The topological polar surface area (TPSA) is 99.2 Å². The number of rotatable bonds is 4. The van der Waals surface area contributed by atoms with E-state index in [1.165, 1.54) is 0 Å². The summed E-state index contributed by atoms with van der Waals surface area (Å²) in [5, 5.41) is 0. The highest BCUT2D eigenvalue weighted by Crippen LogP contribution is 2.21. The first-order chi connectivity index (χ1) is 10.5. The zero-order valence-electron chi connectivity index (χ0n) is 11.8. The molecule has 1 aliphatic heterocycles. The number of benzene rings is 1. The van der Waals surface area contributed by atoms with E-state index in [4.69, 9.17) is 9.47 Å². The van der Waals surface area contributed by atoms with Gasteiger partial charge in [-0.2, -0.15) is 12.7 Å². The molecule has 0 N–H and O–H groups in total. The molecule has 8 nitrogen and oxygen atoms in total. The van der Waals surface area contributed by atoms with Crippen LogP contribution in [0.2, 0.25) is 0 Å². The maximum Gasteiger partial charge on any atom is 0.426 e. The van der Waals surface area contributed by atoms with Crippen LogP contribution in [0.1, 0.15) is 12.5 Å². The maximum atomic E-state index is 12.0. The summed E-state index contributed by atoms with van der Waals surface area (Å²) in [6.45, 7) is 1.02. The van der Waals surface area contributed by atoms with Crippen molar-refractivity contribution >= 4 is 22.4 Å². The van der Waals surface area contributed by atoms with E-state index in [-0.39, 0.29) is 17.5 Å². The number of amides is 1. The lowest BCUT2D eigenvalue weighted by Gasteiger charge is -2.18. The van der Waals surface area contributed by atoms with Gasteiger partial charge in [0.2, 0.25) is 0 Å². The van der Waals surface area contributed by atoms with Gasteiger partial charge >= 0.3 is 22.4 Å². The van der Waals surface area contributed by atoms with Gasteiger partial charge in [0.25, 0.3) is 0 Å². The van der Waals surface area contributed by atoms with Crippen molar-refractivity contribution in [2.24, 2.45) is 0 Å². The Morgan fingerprint density at radius 1 is 1.27 bits per heavy atom. The average Bonchev–Trinajstić information content (AvgIpc) is 2.82. The van der Waals surface area contributed by atoms with Crippen LogP contribution >= 0.6 is 0 Å². The fourth-order valence-electron chi connectivity index (χ4n) is 1.83. The molecule has 0 bridgehead atoms. The van der Waals surface area contributed by atoms with Crippen LogP contribution in [-0.4, -0.2) is 44.0 Å². The molecule has 1 heterocycles. The third-order valence-corrected chi connectivity index (χ3v) is 4.16. The van der Waals surface area contributed by atoms with Crippen molar-refractivity contribution in [2.75, 3.05) is 13.2 Å². The standard InChI is InChI=1S/C13H15NO7S/c1-2-19-12(15)11-9-21-22(17,18)14(11)13(16)20-8-10-6-4-3-5-7-10/h3-7,11H,2,8-9H2,1H3/t11-/m0/s1. The second kappa shape index (κ2) is 6.75. The Bertz CT molecular complexity index is 644. The van der Waals surface area contributed by atoms with Crippen molar-refractivity contribution in [3.63, 3.8) is 0 Å². The third kappa shape index (κ3) is 3.55. The molecule has 0 unspecified atom stereocenters. The first-order valence-corrected chi connectivity index (χ1v) is 7.88. The summed E-state index contributed by atoms with van der Waals surface area (Å²) >= 11 is 0. The van der Waals surface area contributed by atoms with E-state index in [0.717, 1.165) is 0 Å². The predicted molar refractivity (Wildman–Crippen MR) is 73.8 cm³/mol. The molecule has 22 heavy (non-hydrogen) atoms. The SMILES string of the molecule is CCOC(=O)[C@@H]1COS(=O)(=O)N1C(=O)OCc1ccccc1. The Kier molecular flexibility index (Phi) is 4.99. The van der Waals surface area contributed by atoms with E-state index in [1.54, 1.807) is 37.3 Å². The van der Waals surface area contributed by atoms with Gasteiger partial charge in [0, 0.05) is 0 Å². The minimum absolute atomic E-state index is 0.0578. The summed E-state index contributed by atoms with van der Waals surface area (Å²) in [4.78, 5) is 23.7. The molecule has 2 rings (SSSR count). The van der Waals surface area contributed by atoms with E-state index >= 15 is 0 Å². The summed E-state index contributed by atoms with van der Waals surface area (Å²) < 4.78 is 37.9. The van der Waals surface area contributed by atoms with Crippen LogP contribution in [-0.2, 0) is 35.4 Å². The first kappa shape index (κ1) is 16.2. The van der Waals surface area contributed by atoms with Gasteiger partial charge in [-0.25, -0.2) is 9.59 Å². The summed E-state index contributed by atoms with van der Waals surface area (Å²) in [5.74, 6) is -0.861. The van der Waals surface area contributed by atoms with Gasteiger partial charge in [-0.05, 0) is 12.5 Å². The maximum absolute atomic E-state index is 12.0. The van der Waals surface area contributed by atoms with Gasteiger partial charge in [0.05, 0.1) is 6.61 Å². The van der Waals surface area contributed by atoms with Gasteiger partial charge in [0.15, 0.2) is 6.04 Å². The largest absolute Gasteiger partial charge is 0.464 e. The molecule has 0 radical (unpaired) electrons. The van der Waals surface area contributed by atoms with E-state index in [0.29, 0.717) is 5.56 Å². The summed E-state index contributed by atoms with van der Waals surface area (Å²) in [5.41, 5.74) is 0.682. The lowest BCUT2D eigenvalue weighted by atomic mass is 10.2. The first-order valence-electron chi connectivity index (χ1n) is 6.52. The fourth-order valence-corrected chi connectivity index (χ4v) is 2.94. The molecule has 1 aromatic carbocycles. The normalized spacial score (nSPS) is 19.7. The van der Waals surface area contributed by atoms with Crippen molar-refractivity contribution in [1.29, 1.82) is 0 Å². The third-order valence-electron chi connectivity index (χ3n) is 2.84. The minimum Gasteiger partial charge on any atom is -0.464 e. The molecule has 1 saturated heterocycles. The summed E-state index contributed by atoms with van der Waals surface area (Å²) in [6.07, 6.45) is -1.18.